The van der Waals surface area contributed by atoms with Gasteiger partial charge in [-0.2, -0.15) is 9.57 Å². The number of amides is 4. The highest BCUT2D eigenvalue weighted by Gasteiger charge is 2.59. The lowest BCUT2D eigenvalue weighted by Gasteiger charge is -2.43. The Morgan fingerprint density at radius 2 is 1.71 bits per heavy atom. The maximum atomic E-state index is 15.2. The van der Waals surface area contributed by atoms with Crippen molar-refractivity contribution in [2.45, 2.75) is 56.0 Å². The number of piperazine rings is 1. The van der Waals surface area contributed by atoms with Crippen LogP contribution in [-0.4, -0.2) is 119 Å². The number of nitrogens with one attached hydrogen (secondary N) is 1. The first-order chi connectivity index (χ1) is 27.0. The van der Waals surface area contributed by atoms with Gasteiger partial charge >= 0.3 is 12.1 Å². The van der Waals surface area contributed by atoms with Gasteiger partial charge in [0.1, 0.15) is 16.4 Å². The van der Waals surface area contributed by atoms with Crippen LogP contribution in [0.5, 0.6) is 17.4 Å². The highest BCUT2D eigenvalue weighted by atomic mass is 32.2. The van der Waals surface area contributed by atoms with Gasteiger partial charge < -0.3 is 34.1 Å². The van der Waals surface area contributed by atoms with Gasteiger partial charge in [-0.3, -0.25) is 9.69 Å². The number of urea groups is 1. The fourth-order valence-corrected chi connectivity index (χ4v) is 9.11. The van der Waals surface area contributed by atoms with E-state index in [1.807, 2.05) is 6.92 Å². The smallest absolute Gasteiger partial charge is 0.409 e. The summed E-state index contributed by atoms with van der Waals surface area (Å²) in [6, 6.07) is 13.0. The van der Waals surface area contributed by atoms with Crippen molar-refractivity contribution >= 4 is 33.7 Å². The molecule has 4 amide bonds. The van der Waals surface area contributed by atoms with E-state index in [1.165, 1.54) is 56.8 Å². The number of hydrogen-bond donors (Lipinski definition) is 1. The Bertz CT molecular complexity index is 2090. The fourth-order valence-electron chi connectivity index (χ4n) is 7.50. The number of carbonyl (C=O) groups is 3. The van der Waals surface area contributed by atoms with Gasteiger partial charge in [-0.15, -0.1) is 0 Å². The molecule has 17 heteroatoms. The van der Waals surface area contributed by atoms with Gasteiger partial charge in [0.25, 0.3) is 15.9 Å². The van der Waals surface area contributed by atoms with Crippen LogP contribution in [0.2, 0.25) is 0 Å². The van der Waals surface area contributed by atoms with E-state index in [4.69, 9.17) is 18.9 Å². The molecule has 3 aromatic rings. The van der Waals surface area contributed by atoms with Crippen molar-refractivity contribution in [2.24, 2.45) is 0 Å². The Labute approximate surface area is 326 Å². The number of pyridine rings is 1. The molecule has 2 fully saturated rings. The van der Waals surface area contributed by atoms with Crippen LogP contribution in [0.4, 0.5) is 15.3 Å². The zero-order valence-corrected chi connectivity index (χ0v) is 32.8. The number of likely N-dealkylation sites (tertiary alicyclic amines) is 1. The van der Waals surface area contributed by atoms with Crippen LogP contribution >= 0.6 is 0 Å². The lowest BCUT2D eigenvalue weighted by molar-refractivity contribution is -0.121. The molecule has 0 radical (unpaired) electrons. The molecular formula is C39H47N7O9S. The summed E-state index contributed by atoms with van der Waals surface area (Å²) in [6.07, 6.45) is 4.22. The van der Waals surface area contributed by atoms with Crippen molar-refractivity contribution in [1.82, 2.24) is 25.0 Å². The standard InChI is InChI=1S/C39H47N7O9S/c1-5-7-23-55-38(49)45-21-19-43(20-22-45)28-14-17-44(18-15-28)37(48)42-39(30-9-8-16-41-35(30)54-6-2)31-24-27(26-40)10-12-32(31)46(36(39)47)56(50,51)34-13-11-29(52-3)25-33(34)53-4/h8-13,16,24-25,28H,5-7,14-15,17-23H2,1-4H3,(H,42,48). The number of ether oxygens (including phenoxy) is 4. The fraction of sp³-hybridized carbons (Fsp3) is 0.462. The maximum Gasteiger partial charge on any atom is 0.409 e. The third kappa shape index (κ3) is 7.50. The molecule has 1 aromatic heterocycles. The van der Waals surface area contributed by atoms with Gasteiger partial charge in [0.05, 0.1) is 50.3 Å². The van der Waals surface area contributed by atoms with Crippen LogP contribution in [-0.2, 0) is 25.1 Å². The monoisotopic (exact) mass is 789 g/mol. The van der Waals surface area contributed by atoms with Gasteiger partial charge in [0.2, 0.25) is 5.88 Å². The molecule has 16 nitrogen and oxygen atoms in total. The first-order valence-corrected chi connectivity index (χ1v) is 20.2. The largest absolute Gasteiger partial charge is 0.497 e. The molecule has 3 aliphatic rings. The van der Waals surface area contributed by atoms with E-state index in [2.05, 4.69) is 21.3 Å². The number of sulfonamides is 1. The molecule has 2 saturated heterocycles. The molecule has 1 N–H and O–H groups in total. The Morgan fingerprint density at radius 1 is 0.964 bits per heavy atom. The van der Waals surface area contributed by atoms with E-state index < -0.39 is 27.5 Å². The summed E-state index contributed by atoms with van der Waals surface area (Å²) in [7, 11) is -2.00. The quantitative estimate of drug-likeness (QED) is 0.260. The molecule has 2 aromatic carbocycles. The van der Waals surface area contributed by atoms with Crippen LogP contribution in [0.15, 0.2) is 59.6 Å². The predicted octanol–water partition coefficient (Wildman–Crippen LogP) is 4.08. The minimum absolute atomic E-state index is 0.00494. The summed E-state index contributed by atoms with van der Waals surface area (Å²) < 4.78 is 52.0. The second-order valence-corrected chi connectivity index (χ2v) is 15.4. The summed E-state index contributed by atoms with van der Waals surface area (Å²) in [6.45, 7) is 7.50. The number of benzene rings is 2. The zero-order chi connectivity index (χ0) is 40.0. The van der Waals surface area contributed by atoms with Crippen LogP contribution in [0.25, 0.3) is 0 Å². The highest BCUT2D eigenvalue weighted by molar-refractivity contribution is 7.93. The number of fused-ring (bicyclic) bond motifs is 1. The first-order valence-electron chi connectivity index (χ1n) is 18.7. The third-order valence-electron chi connectivity index (χ3n) is 10.5. The molecule has 0 saturated carbocycles. The van der Waals surface area contributed by atoms with Crippen LogP contribution in [0.1, 0.15) is 56.2 Å². The molecule has 0 bridgehead atoms. The lowest BCUT2D eigenvalue weighted by atomic mass is 9.83. The van der Waals surface area contributed by atoms with Gasteiger partial charge in [-0.25, -0.2) is 23.0 Å². The number of piperidine rings is 1. The molecule has 3 aliphatic heterocycles. The average molecular weight is 790 g/mol. The van der Waals surface area contributed by atoms with E-state index in [0.29, 0.717) is 68.8 Å². The van der Waals surface area contributed by atoms with Crippen molar-refractivity contribution in [1.29, 1.82) is 5.26 Å². The third-order valence-corrected chi connectivity index (χ3v) is 12.2. The molecule has 1 atom stereocenters. The Kier molecular flexibility index (Phi) is 12.2. The molecule has 0 aliphatic carbocycles. The molecule has 6 rings (SSSR count). The normalized spacial score (nSPS) is 18.9. The summed E-state index contributed by atoms with van der Waals surface area (Å²) >= 11 is 0. The van der Waals surface area contributed by atoms with Crippen LogP contribution < -0.4 is 23.8 Å². The molecule has 56 heavy (non-hydrogen) atoms. The van der Waals surface area contributed by atoms with E-state index in [1.54, 1.807) is 28.9 Å². The number of aromatic nitrogens is 1. The molecule has 1 unspecified atom stereocenters. The number of hydrogen-bond acceptors (Lipinski definition) is 12. The summed E-state index contributed by atoms with van der Waals surface area (Å²) in [5.41, 5.74) is -1.97. The van der Waals surface area contributed by atoms with E-state index >= 15 is 4.79 Å². The number of unbranched alkanes of at least 4 members (excludes halogenated alkanes) is 1. The van der Waals surface area contributed by atoms with Gasteiger partial charge in [-0.05, 0) is 68.7 Å². The maximum absolute atomic E-state index is 15.2. The number of methoxy groups -OCH3 is 2. The summed E-state index contributed by atoms with van der Waals surface area (Å²) in [5, 5.41) is 12.9. The first kappa shape index (κ1) is 40.1. The number of carbonyl (C=O) groups excluding carboxylic acids is 3. The van der Waals surface area contributed by atoms with Crippen molar-refractivity contribution in [3.63, 3.8) is 0 Å². The zero-order valence-electron chi connectivity index (χ0n) is 32.0. The molecule has 298 valence electrons. The van der Waals surface area contributed by atoms with Gasteiger partial charge in [0.15, 0.2) is 5.54 Å². The van der Waals surface area contributed by atoms with Crippen molar-refractivity contribution in [3.8, 4) is 23.4 Å². The van der Waals surface area contributed by atoms with Crippen LogP contribution in [0.3, 0.4) is 0 Å². The molecule has 4 heterocycles. The minimum Gasteiger partial charge on any atom is -0.497 e. The molecule has 0 spiro atoms. The topological polar surface area (TPSA) is 184 Å². The van der Waals surface area contributed by atoms with Gasteiger partial charge in [-0.1, -0.05) is 13.3 Å². The van der Waals surface area contributed by atoms with Gasteiger partial charge in [0, 0.05) is 63.1 Å². The van der Waals surface area contributed by atoms with E-state index in [-0.39, 0.29) is 57.6 Å². The van der Waals surface area contributed by atoms with Crippen molar-refractivity contribution in [2.75, 3.05) is 71.0 Å². The number of nitriles is 1. The lowest BCUT2D eigenvalue weighted by Crippen LogP contribution is -2.60. The average Bonchev–Trinajstić information content (AvgIpc) is 3.48. The Hall–Kier alpha value is -5.60. The number of anilines is 1. The second-order valence-electron chi connectivity index (χ2n) is 13.6. The molecular weight excluding hydrogens is 743 g/mol. The second kappa shape index (κ2) is 17.0. The number of nitrogens with zero attached hydrogens (tertiary/aromatic N) is 6. The SMILES string of the molecule is CCCCOC(=O)N1CCN(C2CCN(C(=O)NC3(c4cccnc4OCC)C(=O)N(S(=O)(=O)c4ccc(OC)cc4OC)c4ccc(C#N)cc43)CC2)CC1. The predicted molar refractivity (Wildman–Crippen MR) is 204 cm³/mol. The highest BCUT2D eigenvalue weighted by Crippen LogP contribution is 2.50. The van der Waals surface area contributed by atoms with Crippen LogP contribution in [0, 0.1) is 11.3 Å². The minimum atomic E-state index is -4.73. The van der Waals surface area contributed by atoms with E-state index in [9.17, 15) is 23.3 Å². The summed E-state index contributed by atoms with van der Waals surface area (Å²) in [4.78, 5) is 51.9. The Balaban J connectivity index is 1.32. The van der Waals surface area contributed by atoms with E-state index in [0.717, 1.165) is 12.8 Å². The Morgan fingerprint density at radius 3 is 2.38 bits per heavy atom. The summed E-state index contributed by atoms with van der Waals surface area (Å²) in [5.74, 6) is -0.755. The van der Waals surface area contributed by atoms with Crippen molar-refractivity contribution in [3.05, 3.63) is 71.4 Å². The van der Waals surface area contributed by atoms with Crippen molar-refractivity contribution < 1.29 is 41.7 Å². The number of rotatable bonds is 12.